The van der Waals surface area contributed by atoms with Crippen LogP contribution in [0.25, 0.3) is 0 Å². The smallest absolute Gasteiger partial charge is 0.271 e. The first kappa shape index (κ1) is 14.8. The maximum Gasteiger partial charge on any atom is 0.271 e. The molecular formula is C12H18N4O3S. The van der Waals surface area contributed by atoms with E-state index >= 15 is 0 Å². The molecule has 2 heterocycles. The minimum Gasteiger partial charge on any atom is -0.447 e. The zero-order chi connectivity index (χ0) is 14.9. The van der Waals surface area contributed by atoms with Crippen molar-refractivity contribution in [2.24, 2.45) is 12.2 Å². The molecule has 7 nitrogen and oxygen atoms in total. The number of hydrogen-bond acceptors (Lipinski definition) is 5. The molecule has 0 spiro atoms. The van der Waals surface area contributed by atoms with Crippen molar-refractivity contribution in [1.29, 1.82) is 0 Å². The third-order valence-electron chi connectivity index (χ3n) is 3.18. The van der Waals surface area contributed by atoms with Crippen molar-refractivity contribution in [3.05, 3.63) is 34.8 Å². The molecule has 0 aliphatic carbocycles. The quantitative estimate of drug-likeness (QED) is 0.840. The van der Waals surface area contributed by atoms with E-state index in [2.05, 4.69) is 10.4 Å². The lowest BCUT2D eigenvalue weighted by atomic mass is 10.2. The van der Waals surface area contributed by atoms with Crippen LogP contribution in [0.3, 0.4) is 0 Å². The number of sulfonamides is 1. The third-order valence-corrected chi connectivity index (χ3v) is 3.96. The summed E-state index contributed by atoms with van der Waals surface area (Å²) in [4.78, 5) is 0. The van der Waals surface area contributed by atoms with Gasteiger partial charge in [0.25, 0.3) is 10.0 Å². The van der Waals surface area contributed by atoms with Crippen LogP contribution in [0.2, 0.25) is 0 Å². The van der Waals surface area contributed by atoms with E-state index in [9.17, 15) is 8.42 Å². The summed E-state index contributed by atoms with van der Waals surface area (Å²) in [6.07, 6.45) is 0. The van der Waals surface area contributed by atoms with Crippen molar-refractivity contribution in [2.75, 3.05) is 0 Å². The summed E-state index contributed by atoms with van der Waals surface area (Å²) >= 11 is 0. The average Bonchev–Trinajstić information content (AvgIpc) is 2.89. The van der Waals surface area contributed by atoms with Crippen LogP contribution in [0.4, 0.5) is 0 Å². The Hall–Kier alpha value is -1.64. The van der Waals surface area contributed by atoms with Crippen LogP contribution in [0.5, 0.6) is 0 Å². The second-order valence-electron chi connectivity index (χ2n) is 4.64. The molecule has 0 saturated heterocycles. The van der Waals surface area contributed by atoms with Gasteiger partial charge < -0.3 is 9.73 Å². The van der Waals surface area contributed by atoms with Crippen LogP contribution < -0.4 is 10.5 Å². The molecule has 0 bridgehead atoms. The maximum absolute atomic E-state index is 11.1. The second kappa shape index (κ2) is 5.39. The lowest BCUT2D eigenvalue weighted by Crippen LogP contribution is -2.14. The lowest BCUT2D eigenvalue weighted by Gasteiger charge is -2.03. The van der Waals surface area contributed by atoms with E-state index in [0.29, 0.717) is 18.8 Å². The molecule has 0 saturated carbocycles. The lowest BCUT2D eigenvalue weighted by molar-refractivity contribution is 0.402. The van der Waals surface area contributed by atoms with E-state index in [1.165, 1.54) is 6.07 Å². The predicted octanol–water partition coefficient (Wildman–Crippen LogP) is 0.567. The summed E-state index contributed by atoms with van der Waals surface area (Å²) in [7, 11) is -1.88. The zero-order valence-corrected chi connectivity index (χ0v) is 12.5. The summed E-state index contributed by atoms with van der Waals surface area (Å²) in [5.41, 5.74) is 3.20. The highest BCUT2D eigenvalue weighted by Gasteiger charge is 2.13. The van der Waals surface area contributed by atoms with Crippen LogP contribution in [-0.2, 0) is 30.2 Å². The maximum atomic E-state index is 11.1. The number of nitrogens with one attached hydrogen (secondary N) is 1. The van der Waals surface area contributed by atoms with E-state index < -0.39 is 10.0 Å². The van der Waals surface area contributed by atoms with Gasteiger partial charge in [-0.2, -0.15) is 5.10 Å². The van der Waals surface area contributed by atoms with Gasteiger partial charge in [-0.3, -0.25) is 4.68 Å². The molecule has 2 rings (SSSR count). The van der Waals surface area contributed by atoms with Gasteiger partial charge in [0.15, 0.2) is 0 Å². The molecule has 0 aliphatic rings. The van der Waals surface area contributed by atoms with Gasteiger partial charge in [-0.05, 0) is 26.0 Å². The van der Waals surface area contributed by atoms with Gasteiger partial charge >= 0.3 is 0 Å². The Kier molecular flexibility index (Phi) is 3.98. The summed E-state index contributed by atoms with van der Waals surface area (Å²) in [6, 6.07) is 2.95. The molecule has 0 atom stereocenters. The monoisotopic (exact) mass is 298 g/mol. The van der Waals surface area contributed by atoms with Gasteiger partial charge in [0.1, 0.15) is 5.76 Å². The van der Waals surface area contributed by atoms with Gasteiger partial charge in [0, 0.05) is 24.8 Å². The molecule has 2 aromatic heterocycles. The summed E-state index contributed by atoms with van der Waals surface area (Å²) in [5.74, 6) is 0.522. The fraction of sp³-hybridized carbons (Fsp3) is 0.417. The minimum absolute atomic E-state index is 0.219. The van der Waals surface area contributed by atoms with Crippen molar-refractivity contribution in [3.63, 3.8) is 0 Å². The highest BCUT2D eigenvalue weighted by molar-refractivity contribution is 7.89. The molecule has 110 valence electrons. The molecule has 0 aliphatic heterocycles. The van der Waals surface area contributed by atoms with Gasteiger partial charge in [-0.25, -0.2) is 13.6 Å². The molecular weight excluding hydrogens is 280 g/mol. The Morgan fingerprint density at radius 2 is 2.05 bits per heavy atom. The molecule has 2 aromatic rings. The van der Waals surface area contributed by atoms with Gasteiger partial charge in [0.2, 0.25) is 5.09 Å². The summed E-state index contributed by atoms with van der Waals surface area (Å²) in [6.45, 7) is 5.01. The van der Waals surface area contributed by atoms with E-state index in [0.717, 1.165) is 17.0 Å². The van der Waals surface area contributed by atoms with E-state index in [-0.39, 0.29) is 5.09 Å². The second-order valence-corrected chi connectivity index (χ2v) is 6.13. The highest BCUT2D eigenvalue weighted by atomic mass is 32.2. The van der Waals surface area contributed by atoms with Crippen molar-refractivity contribution in [3.8, 4) is 0 Å². The first-order valence-corrected chi connectivity index (χ1v) is 7.65. The molecule has 3 N–H and O–H groups in total. The van der Waals surface area contributed by atoms with Gasteiger partial charge in [0.05, 0.1) is 12.2 Å². The van der Waals surface area contributed by atoms with Crippen LogP contribution in [0.15, 0.2) is 21.6 Å². The number of nitrogens with zero attached hydrogens (tertiary/aromatic N) is 2. The predicted molar refractivity (Wildman–Crippen MR) is 73.3 cm³/mol. The Bertz CT molecular complexity index is 715. The molecule has 0 unspecified atom stereocenters. The number of aryl methyl sites for hydroxylation is 2. The van der Waals surface area contributed by atoms with E-state index in [4.69, 9.17) is 9.56 Å². The SMILES string of the molecule is Cc1nn(C)c(C)c1CNCc1ccc(S(N)(=O)=O)o1. The Morgan fingerprint density at radius 1 is 1.35 bits per heavy atom. The zero-order valence-electron chi connectivity index (χ0n) is 11.7. The number of furan rings is 1. The number of rotatable bonds is 5. The van der Waals surface area contributed by atoms with E-state index in [1.807, 2.05) is 25.6 Å². The van der Waals surface area contributed by atoms with Crippen molar-refractivity contribution in [2.45, 2.75) is 32.0 Å². The molecule has 0 radical (unpaired) electrons. The molecule has 0 amide bonds. The molecule has 20 heavy (non-hydrogen) atoms. The third kappa shape index (κ3) is 3.09. The Morgan fingerprint density at radius 3 is 2.55 bits per heavy atom. The van der Waals surface area contributed by atoms with Crippen LogP contribution in [0, 0.1) is 13.8 Å². The largest absolute Gasteiger partial charge is 0.447 e. The Balaban J connectivity index is 1.98. The van der Waals surface area contributed by atoms with Gasteiger partial charge in [-0.1, -0.05) is 0 Å². The molecule has 8 heteroatoms. The number of aromatic nitrogens is 2. The van der Waals surface area contributed by atoms with Crippen LogP contribution in [0.1, 0.15) is 22.7 Å². The van der Waals surface area contributed by atoms with Crippen molar-refractivity contribution >= 4 is 10.0 Å². The first-order valence-electron chi connectivity index (χ1n) is 6.10. The van der Waals surface area contributed by atoms with Crippen molar-refractivity contribution < 1.29 is 12.8 Å². The molecule has 0 fully saturated rings. The van der Waals surface area contributed by atoms with Crippen LogP contribution >= 0.6 is 0 Å². The van der Waals surface area contributed by atoms with Crippen LogP contribution in [-0.4, -0.2) is 18.2 Å². The van der Waals surface area contributed by atoms with Gasteiger partial charge in [-0.15, -0.1) is 0 Å². The number of hydrogen-bond donors (Lipinski definition) is 2. The minimum atomic E-state index is -3.78. The number of nitrogens with two attached hydrogens (primary N) is 1. The fourth-order valence-corrected chi connectivity index (χ4v) is 2.47. The topological polar surface area (TPSA) is 103 Å². The standard InChI is InChI=1S/C12H18N4O3S/c1-8-11(9(2)16(3)15-8)7-14-6-10-4-5-12(19-10)20(13,17)18/h4-5,14H,6-7H2,1-3H3,(H2,13,17,18). The highest BCUT2D eigenvalue weighted by Crippen LogP contribution is 2.14. The fourth-order valence-electron chi connectivity index (χ4n) is 1.99. The molecule has 0 aromatic carbocycles. The number of primary sulfonamides is 1. The van der Waals surface area contributed by atoms with E-state index in [1.54, 1.807) is 6.07 Å². The summed E-state index contributed by atoms with van der Waals surface area (Å²) in [5, 5.41) is 12.3. The van der Waals surface area contributed by atoms with Crippen molar-refractivity contribution in [1.82, 2.24) is 15.1 Å². The first-order chi connectivity index (χ1) is 9.29. The Labute approximate surface area is 117 Å². The average molecular weight is 298 g/mol. The summed E-state index contributed by atoms with van der Waals surface area (Å²) < 4.78 is 29.2. The normalized spacial score (nSPS) is 12.0.